The first-order chi connectivity index (χ1) is 6.19. The molecule has 1 heterocycles. The lowest BCUT2D eigenvalue weighted by molar-refractivity contribution is 0.118. The Hall–Kier alpha value is -1.46. The van der Waals surface area contributed by atoms with E-state index in [0.29, 0.717) is 6.42 Å². The molecule has 0 unspecified atom stereocenters. The number of carboxylic acid groups (broad SMARTS) is 1. The fourth-order valence-electron chi connectivity index (χ4n) is 1.46. The maximum absolute atomic E-state index is 10.6. The Morgan fingerprint density at radius 2 is 2.46 bits per heavy atom. The molecule has 2 atom stereocenters. The molecule has 0 radical (unpaired) electrons. The minimum Gasteiger partial charge on any atom is -0.465 e. The van der Waals surface area contributed by atoms with Crippen molar-refractivity contribution in [3.05, 3.63) is 10.4 Å². The summed E-state index contributed by atoms with van der Waals surface area (Å²) in [5, 5.41) is 20.9. The van der Waals surface area contributed by atoms with Gasteiger partial charge in [-0.25, -0.2) is 4.79 Å². The number of azide groups is 1. The molecular weight excluding hydrogens is 176 g/mol. The smallest absolute Gasteiger partial charge is 0.407 e. The molecule has 7 nitrogen and oxygen atoms in total. The van der Waals surface area contributed by atoms with Crippen LogP contribution in [0, 0.1) is 0 Å². The summed E-state index contributed by atoms with van der Waals surface area (Å²) in [5.74, 6) is 0. The third-order valence-electron chi connectivity index (χ3n) is 2.06. The SMILES string of the molecule is [N-]=[N+]=N[C@@H]1C[C@@H](CO)N(C(=O)O)C1. The Morgan fingerprint density at radius 1 is 1.77 bits per heavy atom. The van der Waals surface area contributed by atoms with Crippen molar-refractivity contribution in [2.75, 3.05) is 13.2 Å². The fourth-order valence-corrected chi connectivity index (χ4v) is 1.46. The van der Waals surface area contributed by atoms with Crippen LogP contribution in [-0.4, -0.2) is 46.4 Å². The van der Waals surface area contributed by atoms with Gasteiger partial charge in [-0.15, -0.1) is 0 Å². The first-order valence-electron chi connectivity index (χ1n) is 3.83. The highest BCUT2D eigenvalue weighted by Crippen LogP contribution is 2.19. The summed E-state index contributed by atoms with van der Waals surface area (Å²) in [7, 11) is 0. The first kappa shape index (κ1) is 9.63. The molecule has 1 aliphatic heterocycles. The largest absolute Gasteiger partial charge is 0.465 e. The topological polar surface area (TPSA) is 110 Å². The van der Waals surface area contributed by atoms with Gasteiger partial charge in [-0.3, -0.25) is 0 Å². The number of rotatable bonds is 2. The second-order valence-corrected chi connectivity index (χ2v) is 2.87. The average Bonchev–Trinajstić information content (AvgIpc) is 2.48. The van der Waals surface area contributed by atoms with Crippen LogP contribution >= 0.6 is 0 Å². The van der Waals surface area contributed by atoms with Crippen LogP contribution in [0.1, 0.15) is 6.42 Å². The average molecular weight is 186 g/mol. The van der Waals surface area contributed by atoms with Gasteiger partial charge in [-0.2, -0.15) is 0 Å². The summed E-state index contributed by atoms with van der Waals surface area (Å²) in [5.41, 5.74) is 8.14. The van der Waals surface area contributed by atoms with Crippen molar-refractivity contribution in [2.45, 2.75) is 18.5 Å². The highest BCUT2D eigenvalue weighted by atomic mass is 16.4. The Morgan fingerprint density at radius 3 is 2.85 bits per heavy atom. The molecule has 0 spiro atoms. The van der Waals surface area contributed by atoms with Gasteiger partial charge in [-0.1, -0.05) is 5.11 Å². The van der Waals surface area contributed by atoms with Gasteiger partial charge in [-0.05, 0) is 12.0 Å². The standard InChI is InChI=1S/C6H10N4O3/c7-9-8-4-1-5(3-11)10(2-4)6(12)13/h4-5,11H,1-3H2,(H,12,13)/t4-,5+/m1/s1. The zero-order valence-electron chi connectivity index (χ0n) is 6.87. The minimum atomic E-state index is -1.09. The van der Waals surface area contributed by atoms with E-state index in [-0.39, 0.29) is 19.2 Å². The van der Waals surface area contributed by atoms with Crippen LogP contribution in [0.3, 0.4) is 0 Å². The molecular formula is C6H10N4O3. The summed E-state index contributed by atoms with van der Waals surface area (Å²) in [6, 6.07) is -0.786. The van der Waals surface area contributed by atoms with Crippen molar-refractivity contribution in [1.29, 1.82) is 0 Å². The van der Waals surface area contributed by atoms with Gasteiger partial charge in [0.1, 0.15) is 0 Å². The number of carbonyl (C=O) groups is 1. The Labute approximate surface area is 74.2 Å². The van der Waals surface area contributed by atoms with E-state index >= 15 is 0 Å². The molecule has 0 bridgehead atoms. The van der Waals surface area contributed by atoms with Crippen molar-refractivity contribution in [1.82, 2.24) is 4.90 Å². The zero-order chi connectivity index (χ0) is 9.84. The number of hydrogen-bond donors (Lipinski definition) is 2. The quantitative estimate of drug-likeness (QED) is 0.370. The number of likely N-dealkylation sites (tertiary alicyclic amines) is 1. The molecule has 0 aromatic rings. The fraction of sp³-hybridized carbons (Fsp3) is 0.833. The lowest BCUT2D eigenvalue weighted by Crippen LogP contribution is -2.36. The molecule has 0 saturated carbocycles. The Balaban J connectivity index is 2.66. The van der Waals surface area contributed by atoms with Crippen molar-refractivity contribution < 1.29 is 15.0 Å². The molecule has 2 N–H and O–H groups in total. The summed E-state index contributed by atoms with van der Waals surface area (Å²) in [6.45, 7) is -0.0611. The van der Waals surface area contributed by atoms with E-state index in [2.05, 4.69) is 10.0 Å². The molecule has 1 fully saturated rings. The molecule has 13 heavy (non-hydrogen) atoms. The highest BCUT2D eigenvalue weighted by Gasteiger charge is 2.34. The second-order valence-electron chi connectivity index (χ2n) is 2.87. The Kier molecular flexibility index (Phi) is 2.94. The maximum Gasteiger partial charge on any atom is 0.407 e. The monoisotopic (exact) mass is 186 g/mol. The van der Waals surface area contributed by atoms with Gasteiger partial charge in [0.25, 0.3) is 0 Å². The molecule has 72 valence electrons. The van der Waals surface area contributed by atoms with Crippen molar-refractivity contribution >= 4 is 6.09 Å². The zero-order valence-corrected chi connectivity index (χ0v) is 6.87. The molecule has 1 amide bonds. The third kappa shape index (κ3) is 2.01. The number of aliphatic hydroxyl groups excluding tert-OH is 1. The van der Waals surface area contributed by atoms with Gasteiger partial charge in [0.05, 0.1) is 18.7 Å². The van der Waals surface area contributed by atoms with E-state index in [0.717, 1.165) is 4.90 Å². The third-order valence-corrected chi connectivity index (χ3v) is 2.06. The summed E-state index contributed by atoms with van der Waals surface area (Å²) >= 11 is 0. The lowest BCUT2D eigenvalue weighted by Gasteiger charge is -2.18. The number of hydrogen-bond acceptors (Lipinski definition) is 3. The predicted molar refractivity (Wildman–Crippen MR) is 43.2 cm³/mol. The van der Waals surface area contributed by atoms with E-state index in [1.54, 1.807) is 0 Å². The van der Waals surface area contributed by atoms with E-state index in [4.69, 9.17) is 15.7 Å². The van der Waals surface area contributed by atoms with Crippen LogP contribution in [0.15, 0.2) is 5.11 Å². The molecule has 0 aromatic heterocycles. The van der Waals surface area contributed by atoms with Gasteiger partial charge in [0.15, 0.2) is 0 Å². The van der Waals surface area contributed by atoms with E-state index in [9.17, 15) is 4.79 Å². The van der Waals surface area contributed by atoms with Gasteiger partial charge >= 0.3 is 6.09 Å². The summed E-state index contributed by atoms with van der Waals surface area (Å²) < 4.78 is 0. The van der Waals surface area contributed by atoms with Gasteiger partial charge < -0.3 is 15.1 Å². The van der Waals surface area contributed by atoms with Crippen LogP contribution in [-0.2, 0) is 0 Å². The van der Waals surface area contributed by atoms with Crippen LogP contribution < -0.4 is 0 Å². The van der Waals surface area contributed by atoms with Crippen molar-refractivity contribution in [3.8, 4) is 0 Å². The van der Waals surface area contributed by atoms with E-state index in [1.807, 2.05) is 0 Å². The molecule has 0 aliphatic carbocycles. The Bertz CT molecular complexity index is 250. The second kappa shape index (κ2) is 3.97. The van der Waals surface area contributed by atoms with Crippen LogP contribution in [0.25, 0.3) is 10.4 Å². The lowest BCUT2D eigenvalue weighted by atomic mass is 10.2. The molecule has 7 heteroatoms. The number of amides is 1. The molecule has 1 saturated heterocycles. The van der Waals surface area contributed by atoms with Gasteiger partial charge in [0, 0.05) is 11.5 Å². The predicted octanol–water partition coefficient (Wildman–Crippen LogP) is 0.410. The van der Waals surface area contributed by atoms with Gasteiger partial charge in [0.2, 0.25) is 0 Å². The van der Waals surface area contributed by atoms with Crippen molar-refractivity contribution in [2.24, 2.45) is 5.11 Å². The van der Waals surface area contributed by atoms with Crippen molar-refractivity contribution in [3.63, 3.8) is 0 Å². The molecule has 0 aromatic carbocycles. The van der Waals surface area contributed by atoms with Crippen LogP contribution in [0.4, 0.5) is 4.79 Å². The summed E-state index contributed by atoms with van der Waals surface area (Å²) in [4.78, 5) is 14.3. The first-order valence-corrected chi connectivity index (χ1v) is 3.83. The number of aliphatic hydroxyl groups is 1. The summed E-state index contributed by atoms with van der Waals surface area (Å²) in [6.07, 6.45) is -0.693. The maximum atomic E-state index is 10.6. The minimum absolute atomic E-state index is 0.171. The van der Waals surface area contributed by atoms with E-state index < -0.39 is 12.1 Å². The van der Waals surface area contributed by atoms with E-state index in [1.165, 1.54) is 0 Å². The van der Waals surface area contributed by atoms with Crippen LogP contribution in [0.2, 0.25) is 0 Å². The highest BCUT2D eigenvalue weighted by molar-refractivity contribution is 5.66. The normalized spacial score (nSPS) is 27.0. The molecule has 1 rings (SSSR count). The number of nitrogens with zero attached hydrogens (tertiary/aromatic N) is 4. The van der Waals surface area contributed by atoms with Crippen LogP contribution in [0.5, 0.6) is 0 Å². The molecule has 1 aliphatic rings.